The first-order valence-electron chi connectivity index (χ1n) is 4.92. The maximum absolute atomic E-state index is 11.5. The highest BCUT2D eigenvalue weighted by Gasteiger charge is 2.11. The van der Waals surface area contributed by atoms with Gasteiger partial charge in [-0.1, -0.05) is 12.1 Å². The standard InChI is InChI=1S/C12H13ClO3/c1-16-12(15)11-7-9(3-2-6-14)4-5-10(11)8-13/h4-7H,2-3,8H2,1H3. The van der Waals surface area contributed by atoms with E-state index in [1.165, 1.54) is 7.11 Å². The fourth-order valence-electron chi connectivity index (χ4n) is 1.42. The Morgan fingerprint density at radius 2 is 2.25 bits per heavy atom. The number of aldehydes is 1. The predicted molar refractivity (Wildman–Crippen MR) is 61.7 cm³/mol. The minimum atomic E-state index is -0.399. The average molecular weight is 241 g/mol. The topological polar surface area (TPSA) is 43.4 Å². The minimum absolute atomic E-state index is 0.262. The number of aryl methyl sites for hydroxylation is 1. The SMILES string of the molecule is COC(=O)c1cc(CCC=O)ccc1CCl. The predicted octanol–water partition coefficient (Wildman–Crippen LogP) is 2.34. The molecule has 0 amide bonds. The Morgan fingerprint density at radius 1 is 1.50 bits per heavy atom. The van der Waals surface area contributed by atoms with Gasteiger partial charge in [0, 0.05) is 12.3 Å². The third kappa shape index (κ3) is 3.07. The van der Waals surface area contributed by atoms with Gasteiger partial charge in [0.05, 0.1) is 12.7 Å². The molecule has 1 aromatic rings. The van der Waals surface area contributed by atoms with E-state index in [0.29, 0.717) is 18.4 Å². The Morgan fingerprint density at radius 3 is 2.81 bits per heavy atom. The number of rotatable bonds is 5. The molecule has 1 aromatic carbocycles. The van der Waals surface area contributed by atoms with Gasteiger partial charge in [-0.05, 0) is 23.6 Å². The number of methoxy groups -OCH3 is 1. The van der Waals surface area contributed by atoms with Gasteiger partial charge in [-0.15, -0.1) is 11.6 Å². The van der Waals surface area contributed by atoms with Gasteiger partial charge in [-0.3, -0.25) is 0 Å². The van der Waals surface area contributed by atoms with Gasteiger partial charge in [0.25, 0.3) is 0 Å². The Hall–Kier alpha value is -1.35. The molecule has 0 unspecified atom stereocenters. The molecule has 0 aromatic heterocycles. The molecule has 0 atom stereocenters. The molecule has 0 aliphatic carbocycles. The lowest BCUT2D eigenvalue weighted by molar-refractivity contribution is -0.107. The van der Waals surface area contributed by atoms with Crippen LogP contribution in [0.4, 0.5) is 0 Å². The average Bonchev–Trinajstić information content (AvgIpc) is 2.35. The lowest BCUT2D eigenvalue weighted by Gasteiger charge is -2.07. The van der Waals surface area contributed by atoms with Crippen LogP contribution in [0, 0.1) is 0 Å². The van der Waals surface area contributed by atoms with Gasteiger partial charge >= 0.3 is 5.97 Å². The number of benzene rings is 1. The molecule has 0 fully saturated rings. The molecule has 0 aliphatic heterocycles. The van der Waals surface area contributed by atoms with E-state index < -0.39 is 5.97 Å². The number of hydrogen-bond donors (Lipinski definition) is 0. The van der Waals surface area contributed by atoms with Crippen molar-refractivity contribution in [2.45, 2.75) is 18.7 Å². The second-order valence-electron chi connectivity index (χ2n) is 3.32. The maximum atomic E-state index is 11.5. The van der Waals surface area contributed by atoms with E-state index in [1.54, 1.807) is 12.1 Å². The van der Waals surface area contributed by atoms with Crippen molar-refractivity contribution in [3.8, 4) is 0 Å². The van der Waals surface area contributed by atoms with E-state index in [2.05, 4.69) is 4.74 Å². The summed E-state index contributed by atoms with van der Waals surface area (Å²) in [5, 5.41) is 0. The fraction of sp³-hybridized carbons (Fsp3) is 0.333. The number of carbonyl (C=O) groups excluding carboxylic acids is 2. The molecule has 0 N–H and O–H groups in total. The van der Waals surface area contributed by atoms with Crippen molar-refractivity contribution in [2.24, 2.45) is 0 Å². The molecular formula is C12H13ClO3. The molecule has 3 nitrogen and oxygen atoms in total. The summed E-state index contributed by atoms with van der Waals surface area (Å²) in [5.41, 5.74) is 2.14. The summed E-state index contributed by atoms with van der Waals surface area (Å²) in [5.74, 6) is -0.137. The van der Waals surface area contributed by atoms with E-state index in [4.69, 9.17) is 11.6 Å². The summed E-state index contributed by atoms with van der Waals surface area (Å²) >= 11 is 5.73. The second kappa shape index (κ2) is 6.28. The Bertz CT molecular complexity index is 388. The summed E-state index contributed by atoms with van der Waals surface area (Å²) in [4.78, 5) is 21.7. The first-order chi connectivity index (χ1) is 7.72. The van der Waals surface area contributed by atoms with Crippen LogP contribution in [-0.2, 0) is 21.8 Å². The highest BCUT2D eigenvalue weighted by Crippen LogP contribution is 2.16. The molecule has 0 aliphatic rings. The number of halogens is 1. The van der Waals surface area contributed by atoms with Gasteiger partial charge < -0.3 is 9.53 Å². The summed E-state index contributed by atoms with van der Waals surface area (Å²) in [7, 11) is 1.33. The summed E-state index contributed by atoms with van der Waals surface area (Å²) in [6, 6.07) is 5.39. The van der Waals surface area contributed by atoms with Gasteiger partial charge in [0.15, 0.2) is 0 Å². The number of esters is 1. The molecule has 0 heterocycles. The largest absolute Gasteiger partial charge is 0.465 e. The third-order valence-corrected chi connectivity index (χ3v) is 2.56. The van der Waals surface area contributed by atoms with Gasteiger partial charge in [0.1, 0.15) is 6.29 Å². The van der Waals surface area contributed by atoms with E-state index >= 15 is 0 Å². The molecule has 1 rings (SSSR count). The van der Waals surface area contributed by atoms with Crippen LogP contribution in [0.1, 0.15) is 27.9 Å². The smallest absolute Gasteiger partial charge is 0.338 e. The van der Waals surface area contributed by atoms with Crippen LogP contribution in [0.2, 0.25) is 0 Å². The second-order valence-corrected chi connectivity index (χ2v) is 3.59. The van der Waals surface area contributed by atoms with Crippen LogP contribution in [0.15, 0.2) is 18.2 Å². The first-order valence-corrected chi connectivity index (χ1v) is 5.46. The van der Waals surface area contributed by atoms with Crippen molar-refractivity contribution in [3.05, 3.63) is 34.9 Å². The molecule has 0 saturated carbocycles. The molecule has 0 saturated heterocycles. The van der Waals surface area contributed by atoms with E-state index in [1.807, 2.05) is 6.07 Å². The van der Waals surface area contributed by atoms with Crippen molar-refractivity contribution >= 4 is 23.9 Å². The van der Waals surface area contributed by atoms with Crippen LogP contribution in [0.5, 0.6) is 0 Å². The molecule has 4 heteroatoms. The zero-order chi connectivity index (χ0) is 12.0. The number of hydrogen-bond acceptors (Lipinski definition) is 3. The summed E-state index contributed by atoms with van der Waals surface area (Å²) in [6.07, 6.45) is 1.92. The number of alkyl halides is 1. The molecule has 16 heavy (non-hydrogen) atoms. The van der Waals surface area contributed by atoms with Crippen LogP contribution in [0.25, 0.3) is 0 Å². The minimum Gasteiger partial charge on any atom is -0.465 e. The first kappa shape index (κ1) is 12.7. The van der Waals surface area contributed by atoms with Crippen molar-refractivity contribution in [3.63, 3.8) is 0 Å². The van der Waals surface area contributed by atoms with Crippen molar-refractivity contribution in [1.29, 1.82) is 0 Å². The lowest BCUT2D eigenvalue weighted by atomic mass is 10.0. The fourth-order valence-corrected chi connectivity index (χ4v) is 1.65. The number of ether oxygens (including phenoxy) is 1. The Balaban J connectivity index is 3.00. The third-order valence-electron chi connectivity index (χ3n) is 2.27. The Labute approximate surface area is 99.4 Å². The van der Waals surface area contributed by atoms with E-state index in [-0.39, 0.29) is 5.88 Å². The van der Waals surface area contributed by atoms with Crippen LogP contribution in [-0.4, -0.2) is 19.4 Å². The van der Waals surface area contributed by atoms with Gasteiger partial charge in [-0.25, -0.2) is 4.79 Å². The van der Waals surface area contributed by atoms with Crippen LogP contribution >= 0.6 is 11.6 Å². The molecule has 0 bridgehead atoms. The van der Waals surface area contributed by atoms with Gasteiger partial charge in [-0.2, -0.15) is 0 Å². The van der Waals surface area contributed by atoms with Crippen molar-refractivity contribution in [2.75, 3.05) is 7.11 Å². The maximum Gasteiger partial charge on any atom is 0.338 e. The highest BCUT2D eigenvalue weighted by molar-refractivity contribution is 6.17. The quantitative estimate of drug-likeness (QED) is 0.451. The van der Waals surface area contributed by atoms with Crippen molar-refractivity contribution in [1.82, 2.24) is 0 Å². The molecule has 0 radical (unpaired) electrons. The monoisotopic (exact) mass is 240 g/mol. The van der Waals surface area contributed by atoms with E-state index in [9.17, 15) is 9.59 Å². The molecule has 0 spiro atoms. The lowest BCUT2D eigenvalue weighted by Crippen LogP contribution is -2.06. The van der Waals surface area contributed by atoms with Gasteiger partial charge in [0.2, 0.25) is 0 Å². The summed E-state index contributed by atoms with van der Waals surface area (Å²) < 4.78 is 4.67. The molecule has 86 valence electrons. The molecular weight excluding hydrogens is 228 g/mol. The van der Waals surface area contributed by atoms with Crippen LogP contribution in [0.3, 0.4) is 0 Å². The van der Waals surface area contributed by atoms with E-state index in [0.717, 1.165) is 17.4 Å². The van der Waals surface area contributed by atoms with Crippen molar-refractivity contribution < 1.29 is 14.3 Å². The highest BCUT2D eigenvalue weighted by atomic mass is 35.5. The number of carbonyl (C=O) groups is 2. The van der Waals surface area contributed by atoms with Crippen LogP contribution < -0.4 is 0 Å². The zero-order valence-corrected chi connectivity index (χ0v) is 9.79. The zero-order valence-electron chi connectivity index (χ0n) is 9.03. The Kier molecular flexibility index (Phi) is 4.99. The summed E-state index contributed by atoms with van der Waals surface area (Å²) in [6.45, 7) is 0. The normalized spacial score (nSPS) is 9.88.